The Morgan fingerprint density at radius 2 is 1.89 bits per heavy atom. The highest BCUT2D eigenvalue weighted by molar-refractivity contribution is 6.30. The smallest absolute Gasteiger partial charge is 0.258 e. The maximum atomic E-state index is 13.5. The first-order chi connectivity index (χ1) is 16.6. The molecule has 0 aliphatic heterocycles. The summed E-state index contributed by atoms with van der Waals surface area (Å²) in [7, 11) is 0. The molecule has 0 unspecified atom stereocenters. The molecule has 3 saturated carbocycles. The van der Waals surface area contributed by atoms with Crippen LogP contribution in [0.3, 0.4) is 0 Å². The van der Waals surface area contributed by atoms with Gasteiger partial charge in [0.1, 0.15) is 17.1 Å². The lowest BCUT2D eigenvalue weighted by Gasteiger charge is -2.70. The molecule has 35 heavy (non-hydrogen) atoms. The first-order valence-corrected chi connectivity index (χ1v) is 11.9. The zero-order chi connectivity index (χ0) is 25.0. The first-order valence-electron chi connectivity index (χ1n) is 11.6. The van der Waals surface area contributed by atoms with E-state index in [2.05, 4.69) is 5.32 Å². The van der Waals surface area contributed by atoms with E-state index in [9.17, 15) is 18.8 Å². The van der Waals surface area contributed by atoms with Crippen molar-refractivity contribution in [2.45, 2.75) is 51.0 Å². The number of halogens is 2. The van der Waals surface area contributed by atoms with Gasteiger partial charge in [-0.3, -0.25) is 14.4 Å². The van der Waals surface area contributed by atoms with Gasteiger partial charge >= 0.3 is 0 Å². The molecule has 2 aromatic carbocycles. The molecule has 182 valence electrons. The van der Waals surface area contributed by atoms with E-state index in [4.69, 9.17) is 20.8 Å². The summed E-state index contributed by atoms with van der Waals surface area (Å²) in [6.07, 6.45) is 2.32. The van der Waals surface area contributed by atoms with Crippen LogP contribution >= 0.6 is 11.6 Å². The van der Waals surface area contributed by atoms with E-state index in [-0.39, 0.29) is 63.6 Å². The highest BCUT2D eigenvalue weighted by atomic mass is 35.5. The first kappa shape index (κ1) is 23.5. The predicted octanol–water partition coefficient (Wildman–Crippen LogP) is 5.40. The van der Waals surface area contributed by atoms with Gasteiger partial charge in [0.25, 0.3) is 5.91 Å². The fourth-order valence-corrected chi connectivity index (χ4v) is 5.58. The molecule has 1 heterocycles. The summed E-state index contributed by atoms with van der Waals surface area (Å²) in [5.41, 5.74) is 0.713. The second-order valence-corrected chi connectivity index (χ2v) is 10.6. The Kier molecular flexibility index (Phi) is 5.71. The highest BCUT2D eigenvalue weighted by Gasteiger charge is 2.68. The van der Waals surface area contributed by atoms with Gasteiger partial charge in [0, 0.05) is 24.1 Å². The number of carbonyl (C=O) groups excluding carboxylic acids is 2. The molecular formula is C27H25ClFNO5. The van der Waals surface area contributed by atoms with Crippen molar-refractivity contribution in [2.75, 3.05) is 6.61 Å². The Morgan fingerprint density at radius 3 is 2.57 bits per heavy atom. The van der Waals surface area contributed by atoms with Crippen LogP contribution in [-0.4, -0.2) is 23.8 Å². The van der Waals surface area contributed by atoms with Crippen molar-refractivity contribution in [2.24, 2.45) is 5.41 Å². The molecule has 3 aromatic rings. The zero-order valence-electron chi connectivity index (χ0n) is 19.5. The van der Waals surface area contributed by atoms with Gasteiger partial charge in [0.15, 0.2) is 23.6 Å². The highest BCUT2D eigenvalue weighted by Crippen LogP contribution is 2.69. The lowest BCUT2D eigenvalue weighted by Crippen LogP contribution is -2.75. The van der Waals surface area contributed by atoms with Crippen LogP contribution < -0.4 is 15.5 Å². The van der Waals surface area contributed by atoms with E-state index < -0.39 is 5.82 Å². The number of nitrogens with one attached hydrogen (secondary N) is 1. The molecule has 6 rings (SSSR count). The van der Waals surface area contributed by atoms with Gasteiger partial charge in [-0.25, -0.2) is 4.39 Å². The molecule has 1 amide bonds. The van der Waals surface area contributed by atoms with E-state index in [0.717, 1.165) is 11.6 Å². The maximum Gasteiger partial charge on any atom is 0.258 e. The molecule has 1 N–H and O–H groups in total. The summed E-state index contributed by atoms with van der Waals surface area (Å²) in [5.74, 6) is -0.543. The molecule has 0 atom stereocenters. The molecule has 0 radical (unpaired) electrons. The Labute approximate surface area is 206 Å². The van der Waals surface area contributed by atoms with Crippen molar-refractivity contribution < 1.29 is 23.1 Å². The normalized spacial score (nSPS) is 22.4. The van der Waals surface area contributed by atoms with Gasteiger partial charge < -0.3 is 14.5 Å². The third kappa shape index (κ3) is 4.45. The largest absolute Gasteiger partial charge is 0.484 e. The number of Topliss-reactive ketones (excluding diaryl/α,β-unsaturated/α-hetero) is 1. The average Bonchev–Trinajstić information content (AvgIpc) is 2.77. The SMILES string of the molecule is CC(C)c1ccc2oc(C(=O)CC34CC(NC(=O)COc5ccc(Cl)c(F)c5)(C3)C4)cc(=O)c2c1. The number of carbonyl (C=O) groups is 2. The van der Waals surface area contributed by atoms with E-state index in [0.29, 0.717) is 30.2 Å². The quantitative estimate of drug-likeness (QED) is 0.421. The molecular weight excluding hydrogens is 473 g/mol. The van der Waals surface area contributed by atoms with Crippen molar-refractivity contribution in [1.29, 1.82) is 0 Å². The lowest BCUT2D eigenvalue weighted by molar-refractivity contribution is -0.164. The molecule has 8 heteroatoms. The van der Waals surface area contributed by atoms with Gasteiger partial charge in [-0.1, -0.05) is 31.5 Å². The molecule has 0 spiro atoms. The van der Waals surface area contributed by atoms with Crippen LogP contribution in [0.5, 0.6) is 5.75 Å². The van der Waals surface area contributed by atoms with E-state index in [1.807, 2.05) is 26.0 Å². The number of ketones is 1. The molecule has 3 aliphatic carbocycles. The van der Waals surface area contributed by atoms with E-state index in [1.165, 1.54) is 18.2 Å². The number of hydrogen-bond acceptors (Lipinski definition) is 5. The van der Waals surface area contributed by atoms with Crippen LogP contribution in [0, 0.1) is 11.2 Å². The van der Waals surface area contributed by atoms with Crippen molar-refractivity contribution in [3.63, 3.8) is 0 Å². The van der Waals surface area contributed by atoms with Gasteiger partial charge in [-0.2, -0.15) is 0 Å². The Morgan fingerprint density at radius 1 is 1.14 bits per heavy atom. The van der Waals surface area contributed by atoms with E-state index in [1.54, 1.807) is 6.07 Å². The second-order valence-electron chi connectivity index (χ2n) is 10.2. The number of ether oxygens (including phenoxy) is 1. The summed E-state index contributed by atoms with van der Waals surface area (Å²) >= 11 is 5.64. The van der Waals surface area contributed by atoms with Crippen LogP contribution in [0.2, 0.25) is 5.02 Å². The van der Waals surface area contributed by atoms with Gasteiger partial charge in [0.05, 0.1) is 10.4 Å². The molecule has 3 aliphatic rings. The minimum absolute atomic E-state index is 0.0151. The minimum Gasteiger partial charge on any atom is -0.484 e. The van der Waals surface area contributed by atoms with Crippen LogP contribution in [0.25, 0.3) is 11.0 Å². The van der Waals surface area contributed by atoms with Crippen LogP contribution in [0.4, 0.5) is 4.39 Å². The number of rotatable bonds is 8. The summed E-state index contributed by atoms with van der Waals surface area (Å²) in [4.78, 5) is 37.8. The van der Waals surface area contributed by atoms with Crippen LogP contribution in [-0.2, 0) is 4.79 Å². The number of amides is 1. The van der Waals surface area contributed by atoms with Crippen molar-refractivity contribution >= 4 is 34.3 Å². The molecule has 1 aromatic heterocycles. The van der Waals surface area contributed by atoms with Crippen LogP contribution in [0.15, 0.2) is 51.7 Å². The molecule has 2 bridgehead atoms. The molecule has 6 nitrogen and oxygen atoms in total. The van der Waals surface area contributed by atoms with Crippen molar-refractivity contribution in [3.05, 3.63) is 74.9 Å². The Hall–Kier alpha value is -3.19. The summed E-state index contributed by atoms with van der Waals surface area (Å²) in [6, 6.07) is 10.8. The molecule has 0 saturated heterocycles. The third-order valence-electron chi connectivity index (χ3n) is 7.03. The average molecular weight is 498 g/mol. The lowest BCUT2D eigenvalue weighted by atomic mass is 9.38. The molecule has 3 fully saturated rings. The van der Waals surface area contributed by atoms with Gasteiger partial charge in [-0.05, 0) is 60.4 Å². The Bertz CT molecular complexity index is 1390. The summed E-state index contributed by atoms with van der Waals surface area (Å²) in [5, 5.41) is 3.43. The zero-order valence-corrected chi connectivity index (χ0v) is 20.2. The second kappa shape index (κ2) is 8.48. The Balaban J connectivity index is 1.16. The monoisotopic (exact) mass is 497 g/mol. The van der Waals surface area contributed by atoms with E-state index >= 15 is 0 Å². The number of hydrogen-bond donors (Lipinski definition) is 1. The van der Waals surface area contributed by atoms with Crippen molar-refractivity contribution in [3.8, 4) is 5.75 Å². The number of benzene rings is 2. The predicted molar refractivity (Wildman–Crippen MR) is 130 cm³/mol. The fourth-order valence-electron chi connectivity index (χ4n) is 5.46. The summed E-state index contributed by atoms with van der Waals surface area (Å²) < 4.78 is 24.6. The van der Waals surface area contributed by atoms with Gasteiger partial charge in [-0.15, -0.1) is 0 Å². The van der Waals surface area contributed by atoms with Crippen molar-refractivity contribution in [1.82, 2.24) is 5.32 Å². The topological polar surface area (TPSA) is 85.6 Å². The third-order valence-corrected chi connectivity index (χ3v) is 7.34. The fraction of sp³-hybridized carbons (Fsp3) is 0.370. The number of fused-ring (bicyclic) bond motifs is 1. The van der Waals surface area contributed by atoms with Gasteiger partial charge in [0.2, 0.25) is 0 Å². The standard InChI is InChI=1S/C27H25ClFNO5/c1-15(2)16-3-6-23-18(7-16)21(31)9-24(35-23)22(32)10-26-12-27(13-26,14-26)30-25(33)11-34-17-4-5-19(28)20(29)8-17/h3-9,15H,10-14H2,1-2H3,(H,30,33). The van der Waals surface area contributed by atoms with Crippen LogP contribution in [0.1, 0.15) is 61.6 Å². The summed E-state index contributed by atoms with van der Waals surface area (Å²) in [6.45, 7) is 3.86. The minimum atomic E-state index is -0.613. The maximum absolute atomic E-state index is 13.5.